The van der Waals surface area contributed by atoms with E-state index >= 15 is 0 Å². The Morgan fingerprint density at radius 3 is 1.91 bits per heavy atom. The summed E-state index contributed by atoms with van der Waals surface area (Å²) in [6.07, 6.45) is -8.50. The van der Waals surface area contributed by atoms with Crippen LogP contribution in [-0.2, 0) is 18.9 Å². The normalized spacial score (nSPS) is 48.2. The number of aliphatic hydroxyl groups excluding tert-OH is 9. The molecule has 13 heteroatoms. The number of fused-ring (bicyclic) bond motifs is 1. The van der Waals surface area contributed by atoms with Gasteiger partial charge in [-0.05, 0) is 60.7 Å². The summed E-state index contributed by atoms with van der Waals surface area (Å²) in [5.41, 5.74) is 0.271. The lowest BCUT2D eigenvalue weighted by molar-refractivity contribution is -0.310. The summed E-state index contributed by atoms with van der Waals surface area (Å²) in [5, 5.41) is 91.4. The van der Waals surface area contributed by atoms with Gasteiger partial charge in [-0.1, -0.05) is 45.8 Å². The third-order valence-electron chi connectivity index (χ3n) is 11.2. The van der Waals surface area contributed by atoms with Crippen LogP contribution >= 0.6 is 0 Å². The maximum Gasteiger partial charge on any atom is 0.186 e. The highest BCUT2D eigenvalue weighted by Crippen LogP contribution is 2.62. The summed E-state index contributed by atoms with van der Waals surface area (Å²) in [5.74, 6) is 0.247. The largest absolute Gasteiger partial charge is 0.394 e. The van der Waals surface area contributed by atoms with Gasteiger partial charge in [0.2, 0.25) is 0 Å². The zero-order valence-corrected chi connectivity index (χ0v) is 26.7. The van der Waals surface area contributed by atoms with E-state index in [0.29, 0.717) is 12.8 Å². The molecule has 0 aromatic carbocycles. The van der Waals surface area contributed by atoms with E-state index in [4.69, 9.17) is 18.9 Å². The summed E-state index contributed by atoms with van der Waals surface area (Å²) in [7, 11) is 0. The van der Waals surface area contributed by atoms with Crippen molar-refractivity contribution >= 4 is 0 Å². The van der Waals surface area contributed by atoms with Crippen LogP contribution in [-0.4, -0.2) is 140 Å². The molecule has 2 aliphatic carbocycles. The molecule has 45 heavy (non-hydrogen) atoms. The summed E-state index contributed by atoms with van der Waals surface area (Å²) in [6.45, 7) is 10.1. The van der Waals surface area contributed by atoms with Crippen LogP contribution in [0.15, 0.2) is 12.2 Å². The first-order valence-corrected chi connectivity index (χ1v) is 16.4. The third kappa shape index (κ3) is 7.61. The Bertz CT molecular complexity index is 965. The van der Waals surface area contributed by atoms with Crippen LogP contribution in [0.25, 0.3) is 0 Å². The molecule has 2 heterocycles. The molecule has 4 aliphatic rings. The zero-order valence-electron chi connectivity index (χ0n) is 26.7. The van der Waals surface area contributed by atoms with Gasteiger partial charge in [0.1, 0.15) is 48.8 Å². The molecule has 0 spiro atoms. The first kappa shape index (κ1) is 37.0. The Labute approximate surface area is 265 Å². The number of rotatable bonds is 12. The monoisotopic (exact) mass is 648 g/mol. The van der Waals surface area contributed by atoms with E-state index < -0.39 is 86.1 Å². The summed E-state index contributed by atoms with van der Waals surface area (Å²) in [4.78, 5) is 0. The smallest absolute Gasteiger partial charge is 0.186 e. The van der Waals surface area contributed by atoms with E-state index in [0.717, 1.165) is 37.7 Å². The lowest BCUT2D eigenvalue weighted by Crippen LogP contribution is -2.61. The molecule has 0 amide bonds. The van der Waals surface area contributed by atoms with E-state index in [9.17, 15) is 46.0 Å². The molecule has 2 saturated carbocycles. The number of hydrogen-bond donors (Lipinski definition) is 9. The fourth-order valence-electron chi connectivity index (χ4n) is 8.63. The first-order chi connectivity index (χ1) is 21.2. The lowest BCUT2D eigenvalue weighted by atomic mass is 9.46. The van der Waals surface area contributed by atoms with Crippen molar-refractivity contribution in [3.8, 4) is 0 Å². The summed E-state index contributed by atoms with van der Waals surface area (Å²) < 4.78 is 22.8. The first-order valence-electron chi connectivity index (χ1n) is 16.4. The van der Waals surface area contributed by atoms with E-state index in [2.05, 4.69) is 27.4 Å². The third-order valence-corrected chi connectivity index (χ3v) is 11.2. The Balaban J connectivity index is 1.35. The molecule has 4 rings (SSSR count). The van der Waals surface area contributed by atoms with Gasteiger partial charge in [-0.3, -0.25) is 0 Å². The summed E-state index contributed by atoms with van der Waals surface area (Å²) >= 11 is 0. The molecule has 16 atom stereocenters. The topological polar surface area (TPSA) is 219 Å². The van der Waals surface area contributed by atoms with Crippen molar-refractivity contribution in [1.29, 1.82) is 0 Å². The average Bonchev–Trinajstić information content (AvgIpc) is 2.99. The maximum atomic E-state index is 11.4. The van der Waals surface area contributed by atoms with Gasteiger partial charge in [0, 0.05) is 0 Å². The second kappa shape index (κ2) is 15.2. The molecule has 0 radical (unpaired) electrons. The van der Waals surface area contributed by atoms with Crippen molar-refractivity contribution in [3.05, 3.63) is 12.2 Å². The van der Waals surface area contributed by atoms with Gasteiger partial charge in [0.25, 0.3) is 0 Å². The standard InChI is InChI=1S/C32H56O13/c1-16(8-11-42-29-26(40)24(38)22(36)20(13-33)44-29)6-7-18-17(2)12-19(35)28-31(3,9-5-10-32(18,28)4)15-43-30-27(41)25(39)23(37)21(14-34)45-30/h16,18-30,33-41H,2,5-15H2,1,3-4H3/t16-,18-,19-,20+,21+,22+,23+,24-,25-,26+,27+,28-,29+,30+,31+,32+/m0/s1. The minimum absolute atomic E-state index is 0.135. The van der Waals surface area contributed by atoms with Gasteiger partial charge in [-0.25, -0.2) is 0 Å². The average molecular weight is 649 g/mol. The van der Waals surface area contributed by atoms with Gasteiger partial charge in [-0.2, -0.15) is 0 Å². The Hall–Kier alpha value is -0.780. The Kier molecular flexibility index (Phi) is 12.5. The highest BCUT2D eigenvalue weighted by Gasteiger charge is 2.58. The molecule has 0 unspecified atom stereocenters. The number of hydrogen-bond acceptors (Lipinski definition) is 13. The van der Waals surface area contributed by atoms with Crippen molar-refractivity contribution in [2.75, 3.05) is 26.4 Å². The van der Waals surface area contributed by atoms with E-state index in [1.54, 1.807) is 0 Å². The molecule has 4 fully saturated rings. The van der Waals surface area contributed by atoms with Gasteiger partial charge in [0.15, 0.2) is 12.6 Å². The molecule has 0 aromatic rings. The van der Waals surface area contributed by atoms with Gasteiger partial charge in [-0.15, -0.1) is 0 Å². The van der Waals surface area contributed by atoms with Crippen LogP contribution in [0.5, 0.6) is 0 Å². The quantitative estimate of drug-likeness (QED) is 0.118. The van der Waals surface area contributed by atoms with Crippen LogP contribution in [0.3, 0.4) is 0 Å². The number of ether oxygens (including phenoxy) is 4. The molecular formula is C32H56O13. The van der Waals surface area contributed by atoms with Crippen LogP contribution in [0.1, 0.15) is 65.7 Å². The molecule has 2 saturated heterocycles. The van der Waals surface area contributed by atoms with Crippen LogP contribution in [0.2, 0.25) is 0 Å². The maximum absolute atomic E-state index is 11.4. The lowest BCUT2D eigenvalue weighted by Gasteiger charge is -2.60. The minimum Gasteiger partial charge on any atom is -0.394 e. The van der Waals surface area contributed by atoms with Crippen LogP contribution in [0, 0.1) is 28.6 Å². The molecule has 0 aromatic heterocycles. The van der Waals surface area contributed by atoms with Gasteiger partial charge >= 0.3 is 0 Å². The summed E-state index contributed by atoms with van der Waals surface area (Å²) in [6, 6.07) is 0. The zero-order chi connectivity index (χ0) is 33.3. The molecular weight excluding hydrogens is 592 g/mol. The SMILES string of the molecule is C=C1C[C@H](O)[C@H]2[C@@](C)(CO[C@@H]3O[C@H](CO)[C@@H](O)[C@H](O)[C@H]3O)CCC[C@]2(C)[C@H]1CC[C@H](C)CCO[C@@H]1O[C@H](CO)[C@@H](O)[C@H](O)[C@H]1O. The van der Waals surface area contributed by atoms with Crippen molar-refractivity contribution in [1.82, 2.24) is 0 Å². The highest BCUT2D eigenvalue weighted by molar-refractivity contribution is 5.19. The molecule has 9 N–H and O–H groups in total. The van der Waals surface area contributed by atoms with Gasteiger partial charge < -0.3 is 64.9 Å². The molecule has 13 nitrogen and oxygen atoms in total. The Morgan fingerprint density at radius 1 is 0.800 bits per heavy atom. The highest BCUT2D eigenvalue weighted by atomic mass is 16.7. The molecule has 2 aliphatic heterocycles. The van der Waals surface area contributed by atoms with E-state index in [1.165, 1.54) is 0 Å². The van der Waals surface area contributed by atoms with E-state index in [-0.39, 0.29) is 36.4 Å². The second-order valence-electron chi connectivity index (χ2n) is 14.5. The predicted octanol–water partition coefficient (Wildman–Crippen LogP) is -0.824. The fourth-order valence-corrected chi connectivity index (χ4v) is 8.63. The molecule has 0 bridgehead atoms. The second-order valence-corrected chi connectivity index (χ2v) is 14.5. The van der Waals surface area contributed by atoms with Crippen LogP contribution < -0.4 is 0 Å². The van der Waals surface area contributed by atoms with Gasteiger partial charge in [0.05, 0.1) is 32.5 Å². The fraction of sp³-hybridized carbons (Fsp3) is 0.938. The number of aliphatic hydroxyl groups is 9. The van der Waals surface area contributed by atoms with Crippen molar-refractivity contribution in [2.45, 2.75) is 133 Å². The van der Waals surface area contributed by atoms with Crippen molar-refractivity contribution < 1.29 is 64.9 Å². The minimum atomic E-state index is -1.53. The van der Waals surface area contributed by atoms with E-state index in [1.807, 2.05) is 0 Å². The van der Waals surface area contributed by atoms with Crippen LogP contribution in [0.4, 0.5) is 0 Å². The van der Waals surface area contributed by atoms with Crippen molar-refractivity contribution in [3.63, 3.8) is 0 Å². The predicted molar refractivity (Wildman–Crippen MR) is 159 cm³/mol. The Morgan fingerprint density at radius 2 is 1.36 bits per heavy atom. The molecule has 262 valence electrons. The van der Waals surface area contributed by atoms with Crippen molar-refractivity contribution in [2.24, 2.45) is 28.6 Å².